The van der Waals surface area contributed by atoms with Crippen LogP contribution in [0, 0.1) is 0 Å². The van der Waals surface area contributed by atoms with Crippen molar-refractivity contribution in [2.45, 2.75) is 12.3 Å². The van der Waals surface area contributed by atoms with Crippen molar-refractivity contribution < 1.29 is 17.9 Å². The molecule has 0 aliphatic heterocycles. The lowest BCUT2D eigenvalue weighted by molar-refractivity contribution is 0.292. The third kappa shape index (κ3) is 5.47. The van der Waals surface area contributed by atoms with Crippen LogP contribution in [-0.2, 0) is 15.7 Å². The quantitative estimate of drug-likeness (QED) is 0.571. The van der Waals surface area contributed by atoms with Crippen LogP contribution in [0.2, 0.25) is 5.02 Å². The van der Waals surface area contributed by atoms with E-state index in [0.29, 0.717) is 28.5 Å². The fourth-order valence-electron chi connectivity index (χ4n) is 1.53. The van der Waals surface area contributed by atoms with Gasteiger partial charge in [-0.05, 0) is 12.5 Å². The Kier molecular flexibility index (Phi) is 6.23. The molecule has 0 fully saturated rings. The predicted octanol–water partition coefficient (Wildman–Crippen LogP) is 2.90. The second-order valence-corrected chi connectivity index (χ2v) is 7.03. The smallest absolute Gasteiger partial charge is 0.165 e. The molecule has 0 bridgehead atoms. The molecule has 19 heavy (non-hydrogen) atoms. The lowest BCUT2D eigenvalue weighted by Crippen LogP contribution is -2.09. The van der Waals surface area contributed by atoms with Crippen molar-refractivity contribution in [2.24, 2.45) is 0 Å². The summed E-state index contributed by atoms with van der Waals surface area (Å²) in [5, 5.41) is 0.510. The number of rotatable bonds is 7. The number of benzene rings is 1. The maximum atomic E-state index is 11.0. The van der Waals surface area contributed by atoms with Crippen molar-refractivity contribution in [1.82, 2.24) is 0 Å². The van der Waals surface area contributed by atoms with Crippen molar-refractivity contribution in [2.75, 3.05) is 25.7 Å². The van der Waals surface area contributed by atoms with Crippen molar-refractivity contribution in [1.29, 1.82) is 0 Å². The van der Waals surface area contributed by atoms with E-state index >= 15 is 0 Å². The highest BCUT2D eigenvalue weighted by atomic mass is 35.5. The van der Waals surface area contributed by atoms with Gasteiger partial charge < -0.3 is 9.47 Å². The molecule has 1 aromatic carbocycles. The van der Waals surface area contributed by atoms with Gasteiger partial charge in [-0.25, -0.2) is 8.42 Å². The molecule has 0 unspecified atom stereocenters. The van der Waals surface area contributed by atoms with E-state index in [-0.39, 0.29) is 18.2 Å². The van der Waals surface area contributed by atoms with E-state index in [1.54, 1.807) is 12.1 Å². The van der Waals surface area contributed by atoms with Gasteiger partial charge in [0, 0.05) is 22.9 Å². The normalized spacial score (nSPS) is 11.4. The molecule has 0 aliphatic carbocycles. The van der Waals surface area contributed by atoms with E-state index in [1.807, 2.05) is 0 Å². The van der Waals surface area contributed by atoms with Gasteiger partial charge in [0.2, 0.25) is 0 Å². The number of ether oxygens (including phenoxy) is 2. The first-order valence-electron chi connectivity index (χ1n) is 5.60. The van der Waals surface area contributed by atoms with Gasteiger partial charge in [0.15, 0.2) is 11.5 Å². The van der Waals surface area contributed by atoms with Crippen LogP contribution in [0.5, 0.6) is 11.5 Å². The van der Waals surface area contributed by atoms with Gasteiger partial charge in [-0.15, -0.1) is 11.6 Å². The molecule has 0 saturated heterocycles. The molecule has 0 radical (unpaired) electrons. The van der Waals surface area contributed by atoms with E-state index in [1.165, 1.54) is 13.4 Å². The molecule has 0 aliphatic rings. The Hall–Kier alpha value is -0.650. The summed E-state index contributed by atoms with van der Waals surface area (Å²) in [6, 6.07) is 3.33. The fourth-order valence-corrected chi connectivity index (χ4v) is 2.60. The van der Waals surface area contributed by atoms with Gasteiger partial charge in [0.1, 0.15) is 9.84 Å². The van der Waals surface area contributed by atoms with Crippen LogP contribution in [0.15, 0.2) is 12.1 Å². The maximum absolute atomic E-state index is 11.0. The molecule has 1 aromatic rings. The zero-order valence-corrected chi connectivity index (χ0v) is 13.1. The van der Waals surface area contributed by atoms with E-state index in [4.69, 9.17) is 32.7 Å². The number of halogens is 2. The van der Waals surface area contributed by atoms with Crippen molar-refractivity contribution >= 4 is 33.0 Å². The number of hydrogen-bond acceptors (Lipinski definition) is 4. The van der Waals surface area contributed by atoms with Gasteiger partial charge >= 0.3 is 0 Å². The topological polar surface area (TPSA) is 52.6 Å². The van der Waals surface area contributed by atoms with Crippen LogP contribution in [0.3, 0.4) is 0 Å². The Balaban J connectivity index is 2.76. The van der Waals surface area contributed by atoms with E-state index in [2.05, 4.69) is 0 Å². The Morgan fingerprint density at radius 3 is 2.53 bits per heavy atom. The van der Waals surface area contributed by atoms with E-state index in [0.717, 1.165) is 0 Å². The SMILES string of the molecule is COc1cc(Cl)cc(CCl)c1OCCCS(C)(=O)=O. The van der Waals surface area contributed by atoms with Crippen LogP contribution >= 0.6 is 23.2 Å². The van der Waals surface area contributed by atoms with E-state index < -0.39 is 9.84 Å². The summed E-state index contributed by atoms with van der Waals surface area (Å²) in [7, 11) is -1.47. The first-order valence-corrected chi connectivity index (χ1v) is 8.57. The summed E-state index contributed by atoms with van der Waals surface area (Å²) in [5.41, 5.74) is 0.713. The Morgan fingerprint density at radius 1 is 1.32 bits per heavy atom. The maximum Gasteiger partial charge on any atom is 0.165 e. The number of methoxy groups -OCH3 is 1. The second-order valence-electron chi connectivity index (χ2n) is 4.06. The molecule has 0 atom stereocenters. The van der Waals surface area contributed by atoms with Gasteiger partial charge in [-0.1, -0.05) is 11.6 Å². The van der Waals surface area contributed by atoms with Gasteiger partial charge in [-0.3, -0.25) is 0 Å². The molecule has 0 amide bonds. The first-order chi connectivity index (χ1) is 8.87. The minimum absolute atomic E-state index is 0.0825. The molecule has 0 heterocycles. The number of sulfone groups is 1. The van der Waals surface area contributed by atoms with Crippen LogP contribution in [0.25, 0.3) is 0 Å². The monoisotopic (exact) mass is 326 g/mol. The number of hydrogen-bond donors (Lipinski definition) is 0. The molecule has 4 nitrogen and oxygen atoms in total. The molecule has 0 N–H and O–H groups in total. The largest absolute Gasteiger partial charge is 0.493 e. The molecule has 7 heteroatoms. The minimum atomic E-state index is -2.98. The molecule has 0 aromatic heterocycles. The third-order valence-corrected chi connectivity index (χ3v) is 3.90. The molecule has 0 saturated carbocycles. The van der Waals surface area contributed by atoms with Gasteiger partial charge in [0.25, 0.3) is 0 Å². The first kappa shape index (κ1) is 16.4. The minimum Gasteiger partial charge on any atom is -0.493 e. The highest BCUT2D eigenvalue weighted by Gasteiger charge is 2.12. The van der Waals surface area contributed by atoms with Gasteiger partial charge in [0.05, 0.1) is 25.3 Å². The molecule has 0 spiro atoms. The zero-order valence-electron chi connectivity index (χ0n) is 10.8. The zero-order chi connectivity index (χ0) is 14.5. The Morgan fingerprint density at radius 2 is 2.00 bits per heavy atom. The van der Waals surface area contributed by atoms with Crippen LogP contribution in [0.1, 0.15) is 12.0 Å². The molecule has 108 valence electrons. The molecular formula is C12H16Cl2O4S. The third-order valence-electron chi connectivity index (χ3n) is 2.37. The lowest BCUT2D eigenvalue weighted by atomic mass is 10.2. The van der Waals surface area contributed by atoms with Crippen LogP contribution < -0.4 is 9.47 Å². The summed E-state index contributed by atoms with van der Waals surface area (Å²) in [4.78, 5) is 0. The van der Waals surface area contributed by atoms with Crippen molar-refractivity contribution in [3.8, 4) is 11.5 Å². The van der Waals surface area contributed by atoms with Crippen LogP contribution in [-0.4, -0.2) is 34.1 Å². The highest BCUT2D eigenvalue weighted by molar-refractivity contribution is 7.90. The summed E-state index contributed by atoms with van der Waals surface area (Å²) in [5.74, 6) is 1.31. The standard InChI is InChI=1S/C12H16Cl2O4S/c1-17-11-7-10(14)6-9(8-13)12(11)18-4-3-5-19(2,15)16/h6-7H,3-5,8H2,1-2H3. The average Bonchev–Trinajstić information content (AvgIpc) is 2.33. The summed E-state index contributed by atoms with van der Waals surface area (Å²) in [6.45, 7) is 0.273. The van der Waals surface area contributed by atoms with Crippen molar-refractivity contribution in [3.05, 3.63) is 22.7 Å². The molecule has 1 rings (SSSR count). The van der Waals surface area contributed by atoms with Crippen LogP contribution in [0.4, 0.5) is 0 Å². The lowest BCUT2D eigenvalue weighted by Gasteiger charge is -2.14. The highest BCUT2D eigenvalue weighted by Crippen LogP contribution is 2.35. The number of alkyl halides is 1. The van der Waals surface area contributed by atoms with Crippen molar-refractivity contribution in [3.63, 3.8) is 0 Å². The second kappa shape index (κ2) is 7.22. The Bertz CT molecular complexity index is 504. The Labute approximate surface area is 123 Å². The fraction of sp³-hybridized carbons (Fsp3) is 0.500. The predicted molar refractivity (Wildman–Crippen MR) is 77.4 cm³/mol. The average molecular weight is 327 g/mol. The van der Waals surface area contributed by atoms with Gasteiger partial charge in [-0.2, -0.15) is 0 Å². The summed E-state index contributed by atoms with van der Waals surface area (Å²) < 4.78 is 32.8. The molecular weight excluding hydrogens is 311 g/mol. The summed E-state index contributed by atoms with van der Waals surface area (Å²) >= 11 is 11.8. The summed E-state index contributed by atoms with van der Waals surface area (Å²) in [6.07, 6.45) is 1.60. The van der Waals surface area contributed by atoms with E-state index in [9.17, 15) is 8.42 Å².